The Labute approximate surface area is 126 Å². The molecular formula is C16H25N3O2. The third-order valence-electron chi connectivity index (χ3n) is 3.29. The Morgan fingerprint density at radius 3 is 2.57 bits per heavy atom. The molecule has 0 heterocycles. The van der Waals surface area contributed by atoms with Crippen LogP contribution in [0.3, 0.4) is 0 Å². The fourth-order valence-electron chi connectivity index (χ4n) is 1.99. The van der Waals surface area contributed by atoms with E-state index in [2.05, 4.69) is 17.6 Å². The summed E-state index contributed by atoms with van der Waals surface area (Å²) in [6.07, 6.45) is 2.63. The van der Waals surface area contributed by atoms with Gasteiger partial charge in [0, 0.05) is 17.8 Å². The average Bonchev–Trinajstić information content (AvgIpc) is 2.46. The number of hydrogen-bond donors (Lipinski definition) is 3. The summed E-state index contributed by atoms with van der Waals surface area (Å²) in [4.78, 5) is 23.7. The van der Waals surface area contributed by atoms with E-state index in [1.54, 1.807) is 18.2 Å². The molecule has 5 nitrogen and oxygen atoms in total. The third kappa shape index (κ3) is 5.19. The molecule has 1 aromatic rings. The van der Waals surface area contributed by atoms with E-state index in [0.717, 1.165) is 18.4 Å². The molecule has 2 amide bonds. The van der Waals surface area contributed by atoms with Crippen LogP contribution in [-0.4, -0.2) is 24.4 Å². The predicted molar refractivity (Wildman–Crippen MR) is 85.3 cm³/mol. The summed E-state index contributed by atoms with van der Waals surface area (Å²) in [5.74, 6) is -0.296. The zero-order valence-corrected chi connectivity index (χ0v) is 13.0. The van der Waals surface area contributed by atoms with Crippen molar-refractivity contribution in [2.75, 3.05) is 11.9 Å². The van der Waals surface area contributed by atoms with Gasteiger partial charge in [-0.2, -0.15) is 0 Å². The van der Waals surface area contributed by atoms with Crippen LogP contribution in [0.15, 0.2) is 18.2 Å². The van der Waals surface area contributed by atoms with Crippen LogP contribution in [0.4, 0.5) is 5.69 Å². The standard InChI is InChI=1S/C16H25N3O2/c1-4-6-7-13(17)16(21)19-14-9-8-12(10-11(14)3)15(20)18-5-2/h8-10,13H,4-7,17H2,1-3H3,(H,18,20)(H,19,21). The maximum Gasteiger partial charge on any atom is 0.251 e. The van der Waals surface area contributed by atoms with Crippen molar-refractivity contribution in [2.24, 2.45) is 5.73 Å². The maximum absolute atomic E-state index is 12.0. The molecule has 0 bridgehead atoms. The molecular weight excluding hydrogens is 266 g/mol. The van der Waals surface area contributed by atoms with Gasteiger partial charge in [0.25, 0.3) is 5.91 Å². The largest absolute Gasteiger partial charge is 0.352 e. The molecule has 0 aliphatic rings. The zero-order valence-electron chi connectivity index (χ0n) is 13.0. The van der Waals surface area contributed by atoms with Crippen LogP contribution in [0.1, 0.15) is 49.0 Å². The number of aryl methyl sites for hydroxylation is 1. The number of rotatable bonds is 7. The number of carbonyl (C=O) groups is 2. The Kier molecular flexibility index (Phi) is 6.88. The summed E-state index contributed by atoms with van der Waals surface area (Å²) >= 11 is 0. The van der Waals surface area contributed by atoms with Crippen molar-refractivity contribution in [1.29, 1.82) is 0 Å². The molecule has 0 saturated heterocycles. The number of carbonyl (C=O) groups excluding carboxylic acids is 2. The maximum atomic E-state index is 12.0. The highest BCUT2D eigenvalue weighted by atomic mass is 16.2. The summed E-state index contributed by atoms with van der Waals surface area (Å²) in [6.45, 7) is 6.38. The molecule has 1 aromatic carbocycles. The van der Waals surface area contributed by atoms with Gasteiger partial charge in [-0.1, -0.05) is 19.8 Å². The van der Waals surface area contributed by atoms with Gasteiger partial charge in [0.05, 0.1) is 6.04 Å². The van der Waals surface area contributed by atoms with Crippen LogP contribution >= 0.6 is 0 Å². The molecule has 0 aliphatic heterocycles. The van der Waals surface area contributed by atoms with Crippen LogP contribution in [0.25, 0.3) is 0 Å². The smallest absolute Gasteiger partial charge is 0.251 e. The number of amides is 2. The first-order chi connectivity index (χ1) is 9.99. The quantitative estimate of drug-likeness (QED) is 0.720. The monoisotopic (exact) mass is 291 g/mol. The van der Waals surface area contributed by atoms with E-state index in [-0.39, 0.29) is 11.8 Å². The van der Waals surface area contributed by atoms with Crippen molar-refractivity contribution in [3.05, 3.63) is 29.3 Å². The van der Waals surface area contributed by atoms with E-state index in [9.17, 15) is 9.59 Å². The summed E-state index contributed by atoms with van der Waals surface area (Å²) in [5.41, 5.74) is 7.97. The normalized spacial score (nSPS) is 11.8. The topological polar surface area (TPSA) is 84.2 Å². The van der Waals surface area contributed by atoms with Crippen molar-refractivity contribution in [3.8, 4) is 0 Å². The molecule has 21 heavy (non-hydrogen) atoms. The Morgan fingerprint density at radius 2 is 2.00 bits per heavy atom. The average molecular weight is 291 g/mol. The molecule has 1 rings (SSSR count). The molecule has 0 fully saturated rings. The minimum Gasteiger partial charge on any atom is -0.352 e. The number of nitrogens with two attached hydrogens (primary N) is 1. The summed E-state index contributed by atoms with van der Waals surface area (Å²) in [5, 5.41) is 5.57. The highest BCUT2D eigenvalue weighted by Crippen LogP contribution is 2.17. The number of anilines is 1. The molecule has 116 valence electrons. The highest BCUT2D eigenvalue weighted by Gasteiger charge is 2.14. The second-order valence-corrected chi connectivity index (χ2v) is 5.13. The van der Waals surface area contributed by atoms with Crippen molar-refractivity contribution in [1.82, 2.24) is 5.32 Å². The molecule has 0 aliphatic carbocycles. The van der Waals surface area contributed by atoms with E-state index in [1.807, 2.05) is 13.8 Å². The lowest BCUT2D eigenvalue weighted by molar-refractivity contribution is -0.117. The van der Waals surface area contributed by atoms with E-state index in [4.69, 9.17) is 5.73 Å². The van der Waals surface area contributed by atoms with Crippen LogP contribution in [0, 0.1) is 6.92 Å². The minimum absolute atomic E-state index is 0.113. The molecule has 0 saturated carbocycles. The lowest BCUT2D eigenvalue weighted by atomic mass is 10.1. The van der Waals surface area contributed by atoms with E-state index < -0.39 is 6.04 Å². The molecule has 1 atom stereocenters. The van der Waals surface area contributed by atoms with Gasteiger partial charge in [-0.3, -0.25) is 9.59 Å². The van der Waals surface area contributed by atoms with Gasteiger partial charge in [-0.15, -0.1) is 0 Å². The van der Waals surface area contributed by atoms with Crippen molar-refractivity contribution < 1.29 is 9.59 Å². The van der Waals surface area contributed by atoms with Crippen molar-refractivity contribution >= 4 is 17.5 Å². The summed E-state index contributed by atoms with van der Waals surface area (Å²) < 4.78 is 0. The van der Waals surface area contributed by atoms with Gasteiger partial charge in [0.1, 0.15) is 0 Å². The summed E-state index contributed by atoms with van der Waals surface area (Å²) in [7, 11) is 0. The predicted octanol–water partition coefficient (Wildman–Crippen LogP) is 2.20. The van der Waals surface area contributed by atoms with Crippen molar-refractivity contribution in [3.63, 3.8) is 0 Å². The first-order valence-electron chi connectivity index (χ1n) is 7.44. The van der Waals surface area contributed by atoms with Crippen LogP contribution in [-0.2, 0) is 4.79 Å². The first-order valence-corrected chi connectivity index (χ1v) is 7.44. The number of unbranched alkanes of at least 4 members (excludes halogenated alkanes) is 1. The van der Waals surface area contributed by atoms with Gasteiger partial charge in [0.15, 0.2) is 0 Å². The Hall–Kier alpha value is -1.88. The second-order valence-electron chi connectivity index (χ2n) is 5.13. The van der Waals surface area contributed by atoms with Gasteiger partial charge >= 0.3 is 0 Å². The van der Waals surface area contributed by atoms with Gasteiger partial charge in [-0.05, 0) is 44.0 Å². The second kappa shape index (κ2) is 8.42. The number of nitrogens with one attached hydrogen (secondary N) is 2. The Morgan fingerprint density at radius 1 is 1.29 bits per heavy atom. The minimum atomic E-state index is -0.493. The lowest BCUT2D eigenvalue weighted by Gasteiger charge is -2.14. The zero-order chi connectivity index (χ0) is 15.8. The van der Waals surface area contributed by atoms with Gasteiger partial charge in [0.2, 0.25) is 5.91 Å². The molecule has 0 radical (unpaired) electrons. The van der Waals surface area contributed by atoms with E-state index in [0.29, 0.717) is 24.2 Å². The van der Waals surface area contributed by atoms with Crippen LogP contribution < -0.4 is 16.4 Å². The Balaban J connectivity index is 2.72. The van der Waals surface area contributed by atoms with Crippen LogP contribution in [0.5, 0.6) is 0 Å². The SMILES string of the molecule is CCCCC(N)C(=O)Nc1ccc(C(=O)NCC)cc1C. The molecule has 0 spiro atoms. The fourth-order valence-corrected chi connectivity index (χ4v) is 1.99. The molecule has 0 aromatic heterocycles. The summed E-state index contributed by atoms with van der Waals surface area (Å²) in [6, 6.07) is 4.71. The lowest BCUT2D eigenvalue weighted by Crippen LogP contribution is -2.35. The van der Waals surface area contributed by atoms with E-state index in [1.165, 1.54) is 0 Å². The number of benzene rings is 1. The van der Waals surface area contributed by atoms with Crippen molar-refractivity contribution in [2.45, 2.75) is 46.1 Å². The van der Waals surface area contributed by atoms with Gasteiger partial charge < -0.3 is 16.4 Å². The van der Waals surface area contributed by atoms with Gasteiger partial charge in [-0.25, -0.2) is 0 Å². The number of hydrogen-bond acceptors (Lipinski definition) is 3. The molecule has 5 heteroatoms. The molecule has 4 N–H and O–H groups in total. The third-order valence-corrected chi connectivity index (χ3v) is 3.29. The first kappa shape index (κ1) is 17.2. The molecule has 1 unspecified atom stereocenters. The van der Waals surface area contributed by atoms with Crippen LogP contribution in [0.2, 0.25) is 0 Å². The fraction of sp³-hybridized carbons (Fsp3) is 0.500. The van der Waals surface area contributed by atoms with E-state index >= 15 is 0 Å². The Bertz CT molecular complexity index is 500. The highest BCUT2D eigenvalue weighted by molar-refractivity contribution is 5.97.